The lowest BCUT2D eigenvalue weighted by Crippen LogP contribution is -2.41. The molecule has 15 heavy (non-hydrogen) atoms. The van der Waals surface area contributed by atoms with E-state index in [9.17, 15) is 4.79 Å². The van der Waals surface area contributed by atoms with Crippen molar-refractivity contribution in [2.75, 3.05) is 13.1 Å². The predicted molar refractivity (Wildman–Crippen MR) is 59.2 cm³/mol. The van der Waals surface area contributed by atoms with Gasteiger partial charge in [0.2, 0.25) is 0 Å². The van der Waals surface area contributed by atoms with Crippen LogP contribution in [0.5, 0.6) is 0 Å². The second-order valence-electron chi connectivity index (χ2n) is 4.52. The van der Waals surface area contributed by atoms with E-state index in [-0.39, 0.29) is 0 Å². The fourth-order valence-corrected chi connectivity index (χ4v) is 2.80. The van der Waals surface area contributed by atoms with Crippen LogP contribution in [0.25, 0.3) is 0 Å². The molecule has 1 fully saturated rings. The molecule has 2 unspecified atom stereocenters. The van der Waals surface area contributed by atoms with Gasteiger partial charge in [0.05, 0.1) is 0 Å². The number of ketones is 1. The Balaban J connectivity index is 1.96. The summed E-state index contributed by atoms with van der Waals surface area (Å²) in [5.41, 5.74) is 1.25. The van der Waals surface area contributed by atoms with Gasteiger partial charge in [-0.1, -0.05) is 24.3 Å². The SMILES string of the molecule is O=C1C=C2C3C=CC=CC3CCN2CC1. The van der Waals surface area contributed by atoms with E-state index in [0.29, 0.717) is 24.0 Å². The molecule has 2 heterocycles. The Labute approximate surface area is 90.0 Å². The maximum absolute atomic E-state index is 11.4. The van der Waals surface area contributed by atoms with Gasteiger partial charge < -0.3 is 4.90 Å². The monoisotopic (exact) mass is 201 g/mol. The number of carbonyl (C=O) groups excluding carboxylic acids is 1. The van der Waals surface area contributed by atoms with Gasteiger partial charge in [-0.25, -0.2) is 0 Å². The van der Waals surface area contributed by atoms with Crippen LogP contribution in [0.15, 0.2) is 36.1 Å². The number of fused-ring (bicyclic) bond motifs is 3. The van der Waals surface area contributed by atoms with Crippen LogP contribution in [0.4, 0.5) is 0 Å². The minimum absolute atomic E-state index is 0.296. The summed E-state index contributed by atoms with van der Waals surface area (Å²) in [4.78, 5) is 13.8. The van der Waals surface area contributed by atoms with Gasteiger partial charge in [0.15, 0.2) is 5.78 Å². The Morgan fingerprint density at radius 3 is 3.00 bits per heavy atom. The Bertz CT molecular complexity index is 378. The van der Waals surface area contributed by atoms with Crippen LogP contribution < -0.4 is 0 Å². The molecule has 0 bridgehead atoms. The molecule has 3 aliphatic rings. The molecule has 2 nitrogen and oxygen atoms in total. The third-order valence-corrected chi connectivity index (χ3v) is 3.63. The van der Waals surface area contributed by atoms with Crippen LogP contribution in [-0.2, 0) is 4.79 Å². The first-order chi connectivity index (χ1) is 7.34. The summed E-state index contributed by atoms with van der Waals surface area (Å²) in [7, 11) is 0. The summed E-state index contributed by atoms with van der Waals surface area (Å²) in [6.45, 7) is 2.03. The molecule has 2 aliphatic heterocycles. The van der Waals surface area contributed by atoms with Crippen molar-refractivity contribution in [3.8, 4) is 0 Å². The van der Waals surface area contributed by atoms with Crippen molar-refractivity contribution >= 4 is 5.78 Å². The van der Waals surface area contributed by atoms with Gasteiger partial charge >= 0.3 is 0 Å². The second kappa shape index (κ2) is 3.37. The van der Waals surface area contributed by atoms with Crippen LogP contribution >= 0.6 is 0 Å². The van der Waals surface area contributed by atoms with E-state index in [1.54, 1.807) is 0 Å². The topological polar surface area (TPSA) is 20.3 Å². The first-order valence-corrected chi connectivity index (χ1v) is 5.69. The smallest absolute Gasteiger partial charge is 0.159 e. The molecular weight excluding hydrogens is 186 g/mol. The summed E-state index contributed by atoms with van der Waals surface area (Å²) in [5.74, 6) is 1.36. The van der Waals surface area contributed by atoms with E-state index in [2.05, 4.69) is 29.2 Å². The van der Waals surface area contributed by atoms with Crippen molar-refractivity contribution in [3.63, 3.8) is 0 Å². The lowest BCUT2D eigenvalue weighted by atomic mass is 9.79. The van der Waals surface area contributed by atoms with Crippen molar-refractivity contribution in [2.24, 2.45) is 11.8 Å². The van der Waals surface area contributed by atoms with Crippen LogP contribution in [0.1, 0.15) is 12.8 Å². The number of hydrogen-bond acceptors (Lipinski definition) is 2. The molecule has 0 aromatic heterocycles. The molecule has 0 spiro atoms. The van der Waals surface area contributed by atoms with E-state index in [1.807, 2.05) is 6.08 Å². The van der Waals surface area contributed by atoms with Gasteiger partial charge in [-0.2, -0.15) is 0 Å². The number of nitrogens with zero attached hydrogens (tertiary/aromatic N) is 1. The van der Waals surface area contributed by atoms with Gasteiger partial charge in [0, 0.05) is 37.2 Å². The van der Waals surface area contributed by atoms with Crippen LogP contribution in [0.3, 0.4) is 0 Å². The maximum Gasteiger partial charge on any atom is 0.159 e. The van der Waals surface area contributed by atoms with Gasteiger partial charge in [-0.15, -0.1) is 0 Å². The Morgan fingerprint density at radius 2 is 2.07 bits per heavy atom. The van der Waals surface area contributed by atoms with Gasteiger partial charge in [0.1, 0.15) is 0 Å². The Kier molecular flexibility index (Phi) is 2.01. The highest BCUT2D eigenvalue weighted by Crippen LogP contribution is 2.37. The van der Waals surface area contributed by atoms with E-state index >= 15 is 0 Å². The average Bonchev–Trinajstić information content (AvgIpc) is 2.29. The number of allylic oxidation sites excluding steroid dienone is 5. The largest absolute Gasteiger partial charge is 0.374 e. The third-order valence-electron chi connectivity index (χ3n) is 3.63. The minimum atomic E-state index is 0.296. The molecule has 78 valence electrons. The molecule has 0 N–H and O–H groups in total. The summed E-state index contributed by atoms with van der Waals surface area (Å²) in [5, 5.41) is 0. The highest BCUT2D eigenvalue weighted by molar-refractivity contribution is 5.91. The highest BCUT2D eigenvalue weighted by atomic mass is 16.1. The van der Waals surface area contributed by atoms with E-state index in [0.717, 1.165) is 13.1 Å². The second-order valence-corrected chi connectivity index (χ2v) is 4.52. The van der Waals surface area contributed by atoms with E-state index in [1.165, 1.54) is 12.1 Å². The molecule has 0 radical (unpaired) electrons. The zero-order valence-corrected chi connectivity index (χ0v) is 8.73. The lowest BCUT2D eigenvalue weighted by molar-refractivity contribution is -0.115. The molecule has 2 heteroatoms. The number of rotatable bonds is 0. The zero-order valence-electron chi connectivity index (χ0n) is 8.73. The van der Waals surface area contributed by atoms with Crippen molar-refractivity contribution in [2.45, 2.75) is 12.8 Å². The number of hydrogen-bond donors (Lipinski definition) is 0. The Morgan fingerprint density at radius 1 is 1.20 bits per heavy atom. The van der Waals surface area contributed by atoms with Crippen LogP contribution in [0.2, 0.25) is 0 Å². The lowest BCUT2D eigenvalue weighted by Gasteiger charge is -2.42. The van der Waals surface area contributed by atoms with E-state index < -0.39 is 0 Å². The molecule has 3 rings (SSSR count). The predicted octanol–water partition coefficient (Wildman–Crippen LogP) is 1.91. The molecular formula is C13H15NO. The van der Waals surface area contributed by atoms with E-state index in [4.69, 9.17) is 0 Å². The van der Waals surface area contributed by atoms with Crippen LogP contribution in [0, 0.1) is 11.8 Å². The summed E-state index contributed by atoms with van der Waals surface area (Å²) in [6.07, 6.45) is 12.5. The molecule has 2 atom stereocenters. The van der Waals surface area contributed by atoms with Crippen LogP contribution in [-0.4, -0.2) is 23.8 Å². The molecule has 1 aliphatic carbocycles. The fourth-order valence-electron chi connectivity index (χ4n) is 2.80. The number of carbonyl (C=O) groups is 1. The minimum Gasteiger partial charge on any atom is -0.374 e. The van der Waals surface area contributed by atoms with Gasteiger partial charge in [-0.3, -0.25) is 4.79 Å². The fraction of sp³-hybridized carbons (Fsp3) is 0.462. The molecule has 1 saturated heterocycles. The van der Waals surface area contributed by atoms with Gasteiger partial charge in [0.25, 0.3) is 0 Å². The molecule has 0 saturated carbocycles. The first-order valence-electron chi connectivity index (χ1n) is 5.69. The first kappa shape index (κ1) is 8.96. The standard InChI is InChI=1S/C13H15NO/c15-11-6-8-14-7-5-10-3-1-2-4-12(10)13(14)9-11/h1-4,9-10,12H,5-8H2. The van der Waals surface area contributed by atoms with Crippen molar-refractivity contribution in [1.82, 2.24) is 4.90 Å². The maximum atomic E-state index is 11.4. The van der Waals surface area contributed by atoms with Gasteiger partial charge in [-0.05, 0) is 12.3 Å². The average molecular weight is 201 g/mol. The van der Waals surface area contributed by atoms with Crippen molar-refractivity contribution < 1.29 is 4.79 Å². The highest BCUT2D eigenvalue weighted by Gasteiger charge is 2.33. The molecule has 0 aromatic rings. The third kappa shape index (κ3) is 1.44. The normalized spacial score (nSPS) is 33.5. The zero-order chi connectivity index (χ0) is 10.3. The summed E-state index contributed by atoms with van der Waals surface area (Å²) in [6, 6.07) is 0. The summed E-state index contributed by atoms with van der Waals surface area (Å²) >= 11 is 0. The Hall–Kier alpha value is -1.31. The molecule has 0 aromatic carbocycles. The summed E-state index contributed by atoms with van der Waals surface area (Å²) < 4.78 is 0. The molecule has 0 amide bonds. The van der Waals surface area contributed by atoms with Crippen molar-refractivity contribution in [1.29, 1.82) is 0 Å². The van der Waals surface area contributed by atoms with Crippen molar-refractivity contribution in [3.05, 3.63) is 36.1 Å². The number of piperidine rings is 1. The quantitative estimate of drug-likeness (QED) is 0.596.